The van der Waals surface area contributed by atoms with Gasteiger partial charge in [0.2, 0.25) is 0 Å². The quantitative estimate of drug-likeness (QED) is 0.815. The predicted molar refractivity (Wildman–Crippen MR) is 55.0 cm³/mol. The van der Waals surface area contributed by atoms with Gasteiger partial charge < -0.3 is 5.73 Å². The standard InChI is InChI=1S/C9H9ClN4/c10-8-4-13-14(6-8)5-7-1-2-9(11)12-3-7/h1-4,6H,5H2,(H2,11,12). The fourth-order valence-electron chi connectivity index (χ4n) is 1.14. The second kappa shape index (κ2) is 3.67. The van der Waals surface area contributed by atoms with Crippen LogP contribution in [0.25, 0.3) is 0 Å². The summed E-state index contributed by atoms with van der Waals surface area (Å²) in [6, 6.07) is 3.68. The molecular formula is C9H9ClN4. The Morgan fingerprint density at radius 2 is 2.21 bits per heavy atom. The van der Waals surface area contributed by atoms with Crippen molar-refractivity contribution < 1.29 is 0 Å². The van der Waals surface area contributed by atoms with E-state index in [0.717, 1.165) is 5.56 Å². The van der Waals surface area contributed by atoms with E-state index in [1.54, 1.807) is 29.3 Å². The van der Waals surface area contributed by atoms with Crippen molar-refractivity contribution >= 4 is 17.4 Å². The van der Waals surface area contributed by atoms with Crippen molar-refractivity contribution in [3.63, 3.8) is 0 Å². The second-order valence-electron chi connectivity index (χ2n) is 2.95. The molecule has 4 nitrogen and oxygen atoms in total. The van der Waals surface area contributed by atoms with Crippen LogP contribution in [-0.2, 0) is 6.54 Å². The molecule has 0 unspecified atom stereocenters. The third-order valence-electron chi connectivity index (χ3n) is 1.79. The van der Waals surface area contributed by atoms with Crippen LogP contribution in [0.1, 0.15) is 5.56 Å². The van der Waals surface area contributed by atoms with E-state index >= 15 is 0 Å². The third-order valence-corrected chi connectivity index (χ3v) is 1.99. The molecule has 2 heterocycles. The molecule has 0 spiro atoms. The Kier molecular flexibility index (Phi) is 2.37. The lowest BCUT2D eigenvalue weighted by atomic mass is 10.3. The normalized spacial score (nSPS) is 10.4. The molecule has 2 aromatic heterocycles. The van der Waals surface area contributed by atoms with Crippen molar-refractivity contribution in [3.05, 3.63) is 41.3 Å². The number of hydrogen-bond donors (Lipinski definition) is 1. The Balaban J connectivity index is 2.15. The number of nitrogens with two attached hydrogens (primary N) is 1. The van der Waals surface area contributed by atoms with Crippen LogP contribution in [0.5, 0.6) is 0 Å². The first-order chi connectivity index (χ1) is 6.74. The topological polar surface area (TPSA) is 56.7 Å². The van der Waals surface area contributed by atoms with Gasteiger partial charge in [0, 0.05) is 12.4 Å². The highest BCUT2D eigenvalue weighted by atomic mass is 35.5. The first kappa shape index (κ1) is 9.02. The van der Waals surface area contributed by atoms with Crippen LogP contribution in [0.4, 0.5) is 5.82 Å². The van der Waals surface area contributed by atoms with Gasteiger partial charge in [-0.3, -0.25) is 4.68 Å². The van der Waals surface area contributed by atoms with Gasteiger partial charge >= 0.3 is 0 Å². The Hall–Kier alpha value is -1.55. The lowest BCUT2D eigenvalue weighted by Gasteiger charge is -2.00. The van der Waals surface area contributed by atoms with Crippen LogP contribution in [0, 0.1) is 0 Å². The van der Waals surface area contributed by atoms with Crippen molar-refractivity contribution in [3.8, 4) is 0 Å². The van der Waals surface area contributed by atoms with Crippen LogP contribution < -0.4 is 5.73 Å². The molecule has 14 heavy (non-hydrogen) atoms. The number of hydrogen-bond acceptors (Lipinski definition) is 3. The number of nitrogen functional groups attached to an aromatic ring is 1. The molecule has 72 valence electrons. The summed E-state index contributed by atoms with van der Waals surface area (Å²) in [7, 11) is 0. The molecule has 0 fully saturated rings. The van der Waals surface area contributed by atoms with Crippen molar-refractivity contribution in [2.75, 3.05) is 5.73 Å². The summed E-state index contributed by atoms with van der Waals surface area (Å²) in [6.45, 7) is 0.653. The number of anilines is 1. The average molecular weight is 209 g/mol. The highest BCUT2D eigenvalue weighted by molar-refractivity contribution is 6.30. The SMILES string of the molecule is Nc1ccc(Cn2cc(Cl)cn2)cn1. The monoisotopic (exact) mass is 208 g/mol. The van der Waals surface area contributed by atoms with Gasteiger partial charge in [-0.05, 0) is 11.6 Å². The second-order valence-corrected chi connectivity index (χ2v) is 3.38. The summed E-state index contributed by atoms with van der Waals surface area (Å²) in [5.74, 6) is 0.521. The molecule has 0 saturated carbocycles. The number of pyridine rings is 1. The highest BCUT2D eigenvalue weighted by Crippen LogP contribution is 2.08. The number of halogens is 1. The van der Waals surface area contributed by atoms with Crippen LogP contribution in [0.2, 0.25) is 5.02 Å². The summed E-state index contributed by atoms with van der Waals surface area (Å²) in [5.41, 5.74) is 6.51. The molecular weight excluding hydrogens is 200 g/mol. The molecule has 0 aliphatic heterocycles. The van der Waals surface area contributed by atoms with Gasteiger partial charge in [0.25, 0.3) is 0 Å². The van der Waals surface area contributed by atoms with Crippen molar-refractivity contribution in [1.29, 1.82) is 0 Å². The Bertz CT molecular complexity index is 421. The summed E-state index contributed by atoms with van der Waals surface area (Å²) in [6.07, 6.45) is 5.09. The predicted octanol–water partition coefficient (Wildman–Crippen LogP) is 1.56. The van der Waals surface area contributed by atoms with E-state index in [2.05, 4.69) is 10.1 Å². The minimum absolute atomic E-state index is 0.521. The van der Waals surface area contributed by atoms with E-state index in [-0.39, 0.29) is 0 Å². The Morgan fingerprint density at radius 3 is 2.79 bits per heavy atom. The maximum Gasteiger partial charge on any atom is 0.123 e. The molecule has 2 N–H and O–H groups in total. The molecule has 0 aromatic carbocycles. The van der Waals surface area contributed by atoms with Gasteiger partial charge in [-0.25, -0.2) is 4.98 Å². The molecule has 0 saturated heterocycles. The van der Waals surface area contributed by atoms with Gasteiger partial charge in [-0.1, -0.05) is 17.7 Å². The molecule has 2 aromatic rings. The average Bonchev–Trinajstić information content (AvgIpc) is 2.56. The molecule has 0 amide bonds. The first-order valence-electron chi connectivity index (χ1n) is 4.12. The van der Waals surface area contributed by atoms with E-state index < -0.39 is 0 Å². The van der Waals surface area contributed by atoms with Gasteiger partial charge in [-0.2, -0.15) is 5.10 Å². The smallest absolute Gasteiger partial charge is 0.123 e. The van der Waals surface area contributed by atoms with Crippen LogP contribution in [-0.4, -0.2) is 14.8 Å². The summed E-state index contributed by atoms with van der Waals surface area (Å²) in [5, 5.41) is 4.69. The van der Waals surface area contributed by atoms with Gasteiger partial charge in [0.1, 0.15) is 5.82 Å². The van der Waals surface area contributed by atoms with Crippen LogP contribution in [0.3, 0.4) is 0 Å². The van der Waals surface area contributed by atoms with Gasteiger partial charge in [-0.15, -0.1) is 0 Å². The molecule has 0 aliphatic rings. The molecule has 0 aliphatic carbocycles. The largest absolute Gasteiger partial charge is 0.384 e. The van der Waals surface area contributed by atoms with Crippen molar-refractivity contribution in [2.24, 2.45) is 0 Å². The number of nitrogens with zero attached hydrogens (tertiary/aromatic N) is 3. The Morgan fingerprint density at radius 1 is 1.36 bits per heavy atom. The maximum atomic E-state index is 5.73. The maximum absolute atomic E-state index is 5.73. The van der Waals surface area contributed by atoms with Crippen molar-refractivity contribution in [2.45, 2.75) is 6.54 Å². The minimum Gasteiger partial charge on any atom is -0.384 e. The molecule has 2 rings (SSSR count). The highest BCUT2D eigenvalue weighted by Gasteiger charge is 1.97. The van der Waals surface area contributed by atoms with Crippen LogP contribution in [0.15, 0.2) is 30.7 Å². The lowest BCUT2D eigenvalue weighted by molar-refractivity contribution is 0.685. The Labute approximate surface area is 86.3 Å². The molecule has 0 bridgehead atoms. The van der Waals surface area contributed by atoms with Gasteiger partial charge in [0.15, 0.2) is 0 Å². The lowest BCUT2D eigenvalue weighted by Crippen LogP contribution is -2.00. The zero-order valence-electron chi connectivity index (χ0n) is 7.39. The third kappa shape index (κ3) is 2.03. The summed E-state index contributed by atoms with van der Waals surface area (Å²) < 4.78 is 1.75. The molecule has 0 radical (unpaired) electrons. The number of aromatic nitrogens is 3. The fourth-order valence-corrected chi connectivity index (χ4v) is 1.30. The van der Waals surface area contributed by atoms with E-state index in [9.17, 15) is 0 Å². The van der Waals surface area contributed by atoms with Crippen LogP contribution >= 0.6 is 11.6 Å². The van der Waals surface area contributed by atoms with E-state index in [4.69, 9.17) is 17.3 Å². The fraction of sp³-hybridized carbons (Fsp3) is 0.111. The molecule has 5 heteroatoms. The summed E-state index contributed by atoms with van der Waals surface area (Å²) in [4.78, 5) is 3.99. The van der Waals surface area contributed by atoms with E-state index in [1.807, 2.05) is 6.07 Å². The molecule has 0 atom stereocenters. The summed E-state index contributed by atoms with van der Waals surface area (Å²) >= 11 is 5.73. The first-order valence-corrected chi connectivity index (χ1v) is 4.50. The zero-order valence-corrected chi connectivity index (χ0v) is 8.15. The van der Waals surface area contributed by atoms with E-state index in [1.165, 1.54) is 0 Å². The number of rotatable bonds is 2. The minimum atomic E-state index is 0.521. The van der Waals surface area contributed by atoms with E-state index in [0.29, 0.717) is 17.4 Å². The van der Waals surface area contributed by atoms with Crippen molar-refractivity contribution in [1.82, 2.24) is 14.8 Å². The zero-order chi connectivity index (χ0) is 9.97. The van der Waals surface area contributed by atoms with Gasteiger partial charge in [0.05, 0.1) is 17.8 Å².